The lowest BCUT2D eigenvalue weighted by Crippen LogP contribution is -2.30. The van der Waals surface area contributed by atoms with Gasteiger partial charge in [0.15, 0.2) is 0 Å². The molecule has 0 unspecified atom stereocenters. The van der Waals surface area contributed by atoms with E-state index in [0.29, 0.717) is 18.9 Å². The molecule has 22 heavy (non-hydrogen) atoms. The largest absolute Gasteiger partial charge is 0.492 e. The first-order valence-corrected chi connectivity index (χ1v) is 8.01. The Hall–Kier alpha value is -1.59. The van der Waals surface area contributed by atoms with Gasteiger partial charge >= 0.3 is 0 Å². The topological polar surface area (TPSA) is 53.6 Å². The molecule has 0 atom stereocenters. The third-order valence-corrected chi connectivity index (χ3v) is 3.86. The van der Waals surface area contributed by atoms with Gasteiger partial charge in [0.2, 0.25) is 5.91 Å². The number of hydrogen-bond donors (Lipinski definition) is 2. The Kier molecular flexibility index (Phi) is 6.68. The zero-order valence-corrected chi connectivity index (χ0v) is 13.6. The van der Waals surface area contributed by atoms with Gasteiger partial charge in [0.05, 0.1) is 0 Å². The van der Waals surface area contributed by atoms with Crippen LogP contribution in [0.5, 0.6) is 5.75 Å². The van der Waals surface area contributed by atoms with E-state index in [4.69, 9.17) is 4.74 Å². The lowest BCUT2D eigenvalue weighted by atomic mass is 9.94. The van der Waals surface area contributed by atoms with Crippen LogP contribution in [0.25, 0.3) is 0 Å². The molecule has 1 aromatic carbocycles. The highest BCUT2D eigenvalue weighted by atomic mass is 16.5. The van der Waals surface area contributed by atoms with Gasteiger partial charge in [-0.25, -0.2) is 0 Å². The summed E-state index contributed by atoms with van der Waals surface area (Å²) >= 11 is 0. The van der Waals surface area contributed by atoms with E-state index in [9.17, 15) is 4.79 Å². The molecule has 1 fully saturated rings. The molecule has 0 bridgehead atoms. The number of benzene rings is 1. The summed E-state index contributed by atoms with van der Waals surface area (Å²) in [4.78, 5) is 14.2. The molecule has 1 heterocycles. The Morgan fingerprint density at radius 1 is 1.36 bits per heavy atom. The minimum absolute atomic E-state index is 0.0948. The van der Waals surface area contributed by atoms with Crippen molar-refractivity contribution in [2.75, 3.05) is 45.7 Å². The second kappa shape index (κ2) is 8.76. The highest BCUT2D eigenvalue weighted by molar-refractivity contribution is 5.91. The van der Waals surface area contributed by atoms with Crippen molar-refractivity contribution in [2.24, 2.45) is 5.92 Å². The summed E-state index contributed by atoms with van der Waals surface area (Å²) in [6.07, 6.45) is 2.77. The predicted octanol–water partition coefficient (Wildman–Crippen LogP) is 1.96. The number of likely N-dealkylation sites (N-methyl/N-ethyl adjacent to an activating group) is 1. The standard InChI is InChI=1S/C17H27N3O2/c1-20(2)10-11-22-16-5-3-4-15(13-16)19-17(21)12-14-6-8-18-9-7-14/h3-5,13-14,18H,6-12H2,1-2H3,(H,19,21). The number of hydrogen-bond acceptors (Lipinski definition) is 4. The van der Waals surface area contributed by atoms with Crippen molar-refractivity contribution >= 4 is 11.6 Å². The molecule has 122 valence electrons. The third-order valence-electron chi connectivity index (χ3n) is 3.86. The second-order valence-electron chi connectivity index (χ2n) is 6.13. The number of ether oxygens (including phenoxy) is 1. The molecule has 1 saturated heterocycles. The molecule has 2 N–H and O–H groups in total. The Morgan fingerprint density at radius 2 is 2.14 bits per heavy atom. The summed E-state index contributed by atoms with van der Waals surface area (Å²) in [5.74, 6) is 1.39. The molecule has 5 nitrogen and oxygen atoms in total. The first kappa shape index (κ1) is 16.8. The highest BCUT2D eigenvalue weighted by Gasteiger charge is 2.16. The van der Waals surface area contributed by atoms with Gasteiger partial charge in [-0.15, -0.1) is 0 Å². The molecule has 1 amide bonds. The van der Waals surface area contributed by atoms with Crippen molar-refractivity contribution < 1.29 is 9.53 Å². The van der Waals surface area contributed by atoms with Gasteiger partial charge in [-0.05, 0) is 58.1 Å². The minimum Gasteiger partial charge on any atom is -0.492 e. The molecule has 2 rings (SSSR count). The molecule has 0 aliphatic carbocycles. The average molecular weight is 305 g/mol. The molecule has 0 aromatic heterocycles. The van der Waals surface area contributed by atoms with Crippen molar-refractivity contribution in [3.05, 3.63) is 24.3 Å². The van der Waals surface area contributed by atoms with Crippen molar-refractivity contribution in [1.82, 2.24) is 10.2 Å². The van der Waals surface area contributed by atoms with Crippen LogP contribution >= 0.6 is 0 Å². The van der Waals surface area contributed by atoms with Gasteiger partial charge in [-0.1, -0.05) is 6.07 Å². The first-order chi connectivity index (χ1) is 10.6. The molecular formula is C17H27N3O2. The molecular weight excluding hydrogens is 278 g/mol. The van der Waals surface area contributed by atoms with E-state index in [2.05, 4.69) is 15.5 Å². The summed E-state index contributed by atoms with van der Waals surface area (Å²) in [7, 11) is 4.03. The zero-order chi connectivity index (χ0) is 15.8. The lowest BCUT2D eigenvalue weighted by molar-refractivity contribution is -0.117. The van der Waals surface area contributed by atoms with E-state index in [0.717, 1.165) is 43.9 Å². The second-order valence-corrected chi connectivity index (χ2v) is 6.13. The van der Waals surface area contributed by atoms with Gasteiger partial charge in [0, 0.05) is 24.7 Å². The van der Waals surface area contributed by atoms with Crippen LogP contribution in [-0.4, -0.2) is 51.1 Å². The Balaban J connectivity index is 1.80. The molecule has 1 aliphatic heterocycles. The van der Waals surface area contributed by atoms with Crippen LogP contribution in [-0.2, 0) is 4.79 Å². The smallest absolute Gasteiger partial charge is 0.224 e. The number of rotatable bonds is 7. The fraction of sp³-hybridized carbons (Fsp3) is 0.588. The summed E-state index contributed by atoms with van der Waals surface area (Å²) in [5, 5.41) is 6.30. The third kappa shape index (κ3) is 6.03. The van der Waals surface area contributed by atoms with Crippen molar-refractivity contribution in [1.29, 1.82) is 0 Å². The summed E-state index contributed by atoms with van der Waals surface area (Å²) < 4.78 is 5.69. The molecule has 0 radical (unpaired) electrons. The maximum Gasteiger partial charge on any atom is 0.224 e. The number of piperidine rings is 1. The fourth-order valence-electron chi connectivity index (χ4n) is 2.57. The number of carbonyl (C=O) groups excluding carboxylic acids is 1. The van der Waals surface area contributed by atoms with Gasteiger partial charge < -0.3 is 20.3 Å². The van der Waals surface area contributed by atoms with E-state index in [-0.39, 0.29) is 5.91 Å². The summed E-state index contributed by atoms with van der Waals surface area (Å²) in [6, 6.07) is 7.61. The SMILES string of the molecule is CN(C)CCOc1cccc(NC(=O)CC2CCNCC2)c1. The van der Waals surface area contributed by atoms with Crippen molar-refractivity contribution in [2.45, 2.75) is 19.3 Å². The monoisotopic (exact) mass is 305 g/mol. The van der Waals surface area contributed by atoms with Crippen molar-refractivity contribution in [3.63, 3.8) is 0 Å². The van der Waals surface area contributed by atoms with Gasteiger partial charge in [-0.3, -0.25) is 4.79 Å². The van der Waals surface area contributed by atoms with Crippen LogP contribution in [0, 0.1) is 5.92 Å². The number of amides is 1. The fourth-order valence-corrected chi connectivity index (χ4v) is 2.57. The highest BCUT2D eigenvalue weighted by Crippen LogP contribution is 2.20. The predicted molar refractivity (Wildman–Crippen MR) is 89.3 cm³/mol. The summed E-state index contributed by atoms with van der Waals surface area (Å²) in [5.41, 5.74) is 0.807. The van der Waals surface area contributed by atoms with Gasteiger partial charge in [-0.2, -0.15) is 0 Å². The quantitative estimate of drug-likeness (QED) is 0.808. The van der Waals surface area contributed by atoms with Crippen LogP contribution in [0.15, 0.2) is 24.3 Å². The van der Waals surface area contributed by atoms with E-state index < -0.39 is 0 Å². The first-order valence-electron chi connectivity index (χ1n) is 8.01. The van der Waals surface area contributed by atoms with Crippen LogP contribution in [0.3, 0.4) is 0 Å². The van der Waals surface area contributed by atoms with Crippen LogP contribution in [0.4, 0.5) is 5.69 Å². The van der Waals surface area contributed by atoms with E-state index in [1.165, 1.54) is 0 Å². The number of anilines is 1. The van der Waals surface area contributed by atoms with Crippen molar-refractivity contribution in [3.8, 4) is 5.75 Å². The normalized spacial score (nSPS) is 15.8. The van der Waals surface area contributed by atoms with E-state index in [1.54, 1.807) is 0 Å². The molecule has 1 aliphatic rings. The molecule has 0 spiro atoms. The van der Waals surface area contributed by atoms with E-state index in [1.807, 2.05) is 38.4 Å². The Morgan fingerprint density at radius 3 is 2.86 bits per heavy atom. The molecule has 1 aromatic rings. The Labute approximate surface area is 133 Å². The maximum absolute atomic E-state index is 12.1. The zero-order valence-electron chi connectivity index (χ0n) is 13.6. The average Bonchev–Trinajstić information content (AvgIpc) is 2.48. The van der Waals surface area contributed by atoms with Crippen LogP contribution < -0.4 is 15.4 Å². The van der Waals surface area contributed by atoms with E-state index >= 15 is 0 Å². The van der Waals surface area contributed by atoms with Crippen LogP contribution in [0.1, 0.15) is 19.3 Å². The number of nitrogens with zero attached hydrogens (tertiary/aromatic N) is 1. The Bertz CT molecular complexity index is 471. The lowest BCUT2D eigenvalue weighted by Gasteiger charge is -2.22. The minimum atomic E-state index is 0.0948. The number of nitrogens with one attached hydrogen (secondary N) is 2. The van der Waals surface area contributed by atoms with Gasteiger partial charge in [0.1, 0.15) is 12.4 Å². The van der Waals surface area contributed by atoms with Crippen LogP contribution in [0.2, 0.25) is 0 Å². The molecule has 0 saturated carbocycles. The number of carbonyl (C=O) groups is 1. The summed E-state index contributed by atoms with van der Waals surface area (Å²) in [6.45, 7) is 3.55. The molecule has 5 heteroatoms. The van der Waals surface area contributed by atoms with Gasteiger partial charge in [0.25, 0.3) is 0 Å². The maximum atomic E-state index is 12.1.